The second-order valence-corrected chi connectivity index (χ2v) is 8.56. The van der Waals surface area contributed by atoms with Crippen molar-refractivity contribution in [3.63, 3.8) is 0 Å². The zero-order valence-corrected chi connectivity index (χ0v) is 14.1. The van der Waals surface area contributed by atoms with Crippen molar-refractivity contribution in [2.24, 2.45) is 16.8 Å². The number of aromatic hydroxyl groups is 1. The molecule has 0 aromatic heterocycles. The first-order valence-corrected chi connectivity index (χ1v) is 12.3. The van der Waals surface area contributed by atoms with E-state index < -0.39 is 20.8 Å². The van der Waals surface area contributed by atoms with Gasteiger partial charge in [-0.2, -0.15) is 0 Å². The number of fused-ring (bicyclic) bond motifs is 1. The molecule has 1 aromatic carbocycles. The van der Waals surface area contributed by atoms with E-state index in [1.807, 2.05) is 31.3 Å². The monoisotopic (exact) mass is 361 g/mol. The number of phenols is 1. The molecule has 1 aromatic rings. The summed E-state index contributed by atoms with van der Waals surface area (Å²) >= 11 is -0.826. The standard InChI is InChI=1S/C13H15NO.2ClH.Zr/c1-8-3-2-4-9(13(8)15)7-14-12-6-10-5-11(10)12;;;/h2-4,7,10-12,15H,5-6H2,1H3;2*1H;/q;;;+2/p-2. The fourth-order valence-electron chi connectivity index (χ4n) is 2.44. The molecule has 3 atom stereocenters. The molecule has 2 nitrogen and oxygen atoms in total. The summed E-state index contributed by atoms with van der Waals surface area (Å²) < 4.78 is 0. The van der Waals surface area contributed by atoms with Gasteiger partial charge in [-0.05, 0) is 43.2 Å². The molecule has 0 aliphatic heterocycles. The molecule has 2 aliphatic carbocycles. The fraction of sp³-hybridized carbons (Fsp3) is 0.462. The molecule has 5 heteroatoms. The number of aliphatic imine (C=N–C) groups is 1. The molecule has 3 rings (SSSR count). The zero-order valence-electron chi connectivity index (χ0n) is 10.1. The second-order valence-electron chi connectivity index (χ2n) is 4.83. The van der Waals surface area contributed by atoms with Gasteiger partial charge in [-0.15, -0.1) is 0 Å². The minimum absolute atomic E-state index is 0.368. The molecule has 1 N–H and O–H groups in total. The number of hydrogen-bond donors (Lipinski definition) is 1. The summed E-state index contributed by atoms with van der Waals surface area (Å²) in [6.45, 7) is 1.91. The number of rotatable bonds is 2. The van der Waals surface area contributed by atoms with Gasteiger partial charge in [0.2, 0.25) is 0 Å². The van der Waals surface area contributed by atoms with Crippen molar-refractivity contribution in [3.05, 3.63) is 29.3 Å². The van der Waals surface area contributed by atoms with Gasteiger partial charge in [0.25, 0.3) is 0 Å². The third-order valence-electron chi connectivity index (χ3n) is 3.69. The van der Waals surface area contributed by atoms with Crippen molar-refractivity contribution in [2.45, 2.75) is 25.8 Å². The van der Waals surface area contributed by atoms with Gasteiger partial charge in [-0.3, -0.25) is 4.99 Å². The van der Waals surface area contributed by atoms with Crippen molar-refractivity contribution in [2.75, 3.05) is 0 Å². The molecule has 3 unspecified atom stereocenters. The predicted octanol–water partition coefficient (Wildman–Crippen LogP) is 3.90. The van der Waals surface area contributed by atoms with Crippen LogP contribution in [0.2, 0.25) is 0 Å². The normalized spacial score (nSPS) is 27.8. The molecule has 0 radical (unpaired) electrons. The molecule has 0 bridgehead atoms. The molecular weight excluding hydrogens is 348 g/mol. The molecule has 2 saturated carbocycles. The molecule has 0 amide bonds. The van der Waals surface area contributed by atoms with Crippen LogP contribution in [0.4, 0.5) is 0 Å². The van der Waals surface area contributed by atoms with Crippen molar-refractivity contribution in [1.82, 2.24) is 0 Å². The summed E-state index contributed by atoms with van der Waals surface area (Å²) in [4.78, 5) is 4.54. The van der Waals surface area contributed by atoms with Gasteiger partial charge in [0, 0.05) is 11.8 Å². The van der Waals surface area contributed by atoms with Gasteiger partial charge < -0.3 is 5.11 Å². The molecule has 2 aliphatic rings. The molecule has 0 spiro atoms. The summed E-state index contributed by atoms with van der Waals surface area (Å²) in [7, 11) is 9.87. The maximum atomic E-state index is 9.79. The van der Waals surface area contributed by atoms with E-state index in [4.69, 9.17) is 17.0 Å². The SMILES string of the molecule is Cc1cccc(C=NC2CC3CC32)c1O.[Cl][Zr][Cl]. The van der Waals surface area contributed by atoms with Gasteiger partial charge in [0.15, 0.2) is 0 Å². The Bertz CT molecular complexity index is 453. The van der Waals surface area contributed by atoms with Gasteiger partial charge in [-0.25, -0.2) is 0 Å². The maximum absolute atomic E-state index is 9.79. The number of hydrogen-bond acceptors (Lipinski definition) is 2. The van der Waals surface area contributed by atoms with Crippen LogP contribution >= 0.6 is 17.0 Å². The van der Waals surface area contributed by atoms with Gasteiger partial charge >= 0.3 is 37.9 Å². The molecule has 2 fully saturated rings. The topological polar surface area (TPSA) is 32.6 Å². The van der Waals surface area contributed by atoms with Gasteiger partial charge in [-0.1, -0.05) is 12.1 Å². The van der Waals surface area contributed by atoms with E-state index in [-0.39, 0.29) is 0 Å². The Hall–Kier alpha value is 0.153. The minimum atomic E-state index is -0.826. The summed E-state index contributed by atoms with van der Waals surface area (Å²) in [5.74, 6) is 2.22. The molecular formula is C13H15Cl2NOZr. The van der Waals surface area contributed by atoms with Crippen molar-refractivity contribution in [1.29, 1.82) is 0 Å². The van der Waals surface area contributed by atoms with Crippen LogP contribution in [0.25, 0.3) is 0 Å². The van der Waals surface area contributed by atoms with Gasteiger partial charge in [0.1, 0.15) is 5.75 Å². The van der Waals surface area contributed by atoms with Crippen molar-refractivity contribution in [3.8, 4) is 5.75 Å². The van der Waals surface area contributed by atoms with Crippen LogP contribution in [0.15, 0.2) is 23.2 Å². The summed E-state index contributed by atoms with van der Waals surface area (Å²) in [5.41, 5.74) is 1.76. The third kappa shape index (κ3) is 3.37. The van der Waals surface area contributed by atoms with Crippen molar-refractivity contribution < 1.29 is 26.0 Å². The van der Waals surface area contributed by atoms with Crippen LogP contribution in [0.1, 0.15) is 24.0 Å². The molecule has 96 valence electrons. The number of nitrogens with zero attached hydrogens (tertiary/aromatic N) is 1. The molecule has 0 heterocycles. The number of aryl methyl sites for hydroxylation is 1. The zero-order chi connectivity index (χ0) is 13.1. The Morgan fingerprint density at radius 3 is 2.67 bits per heavy atom. The first kappa shape index (κ1) is 14.6. The second kappa shape index (κ2) is 6.54. The number of phenolic OH excluding ortho intramolecular Hbond substituents is 1. The number of para-hydroxylation sites is 1. The third-order valence-corrected chi connectivity index (χ3v) is 3.69. The average molecular weight is 363 g/mol. The summed E-state index contributed by atoms with van der Waals surface area (Å²) in [5, 5.41) is 9.79. The van der Waals surface area contributed by atoms with Crippen LogP contribution in [-0.4, -0.2) is 17.4 Å². The van der Waals surface area contributed by atoms with Gasteiger partial charge in [0.05, 0.1) is 6.04 Å². The Morgan fingerprint density at radius 2 is 2.11 bits per heavy atom. The van der Waals surface area contributed by atoms with E-state index in [0.29, 0.717) is 11.8 Å². The molecule has 0 saturated heterocycles. The number of benzene rings is 1. The van der Waals surface area contributed by atoms with E-state index in [9.17, 15) is 5.11 Å². The van der Waals surface area contributed by atoms with E-state index >= 15 is 0 Å². The molecule has 18 heavy (non-hydrogen) atoms. The quantitative estimate of drug-likeness (QED) is 0.794. The van der Waals surface area contributed by atoms with Crippen LogP contribution in [0.5, 0.6) is 5.75 Å². The number of halogens is 2. The first-order chi connectivity index (χ1) is 8.67. The Balaban J connectivity index is 0.000000367. The van der Waals surface area contributed by atoms with E-state index in [1.165, 1.54) is 12.8 Å². The van der Waals surface area contributed by atoms with Crippen LogP contribution in [0.3, 0.4) is 0 Å². The van der Waals surface area contributed by atoms with Crippen molar-refractivity contribution >= 4 is 23.2 Å². The summed E-state index contributed by atoms with van der Waals surface area (Å²) in [6.07, 6.45) is 4.47. The predicted molar refractivity (Wildman–Crippen MR) is 72.1 cm³/mol. The Labute approximate surface area is 126 Å². The average Bonchev–Trinajstić information content (AvgIpc) is 2.97. The van der Waals surface area contributed by atoms with Crippen LogP contribution < -0.4 is 0 Å². The fourth-order valence-corrected chi connectivity index (χ4v) is 2.44. The van der Waals surface area contributed by atoms with E-state index in [1.54, 1.807) is 0 Å². The van der Waals surface area contributed by atoms with Crippen LogP contribution in [0, 0.1) is 18.8 Å². The first-order valence-electron chi connectivity index (χ1n) is 5.95. The summed E-state index contributed by atoms with van der Waals surface area (Å²) in [6, 6.07) is 6.31. The Kier molecular flexibility index (Phi) is 5.29. The van der Waals surface area contributed by atoms with Crippen LogP contribution in [-0.2, 0) is 20.8 Å². The van der Waals surface area contributed by atoms with E-state index in [0.717, 1.165) is 23.0 Å². The Morgan fingerprint density at radius 1 is 1.39 bits per heavy atom. The van der Waals surface area contributed by atoms with E-state index in [2.05, 4.69) is 4.99 Å².